The fourth-order valence-electron chi connectivity index (χ4n) is 2.02. The maximum Gasteiger partial charge on any atom is 0.265 e. The highest BCUT2D eigenvalue weighted by Crippen LogP contribution is 2.17. The third-order valence-corrected chi connectivity index (χ3v) is 3.61. The Hall–Kier alpha value is -1.58. The summed E-state index contributed by atoms with van der Waals surface area (Å²) in [5, 5.41) is 11.0. The standard InChI is InChI=1S/C15H18ClN3O2/c1-18-6-8-19(9-7-18)17-15(21)13-5-4-12(3-2-10-20)14(16)11-13/h4-5,11,20H,6-10H2,1H3,(H,17,21). The number of halogens is 1. The van der Waals surface area contributed by atoms with Crippen molar-refractivity contribution in [2.45, 2.75) is 0 Å². The van der Waals surface area contributed by atoms with Crippen molar-refractivity contribution in [2.24, 2.45) is 0 Å². The van der Waals surface area contributed by atoms with Crippen molar-refractivity contribution >= 4 is 17.5 Å². The first-order valence-corrected chi connectivity index (χ1v) is 7.11. The van der Waals surface area contributed by atoms with E-state index in [4.69, 9.17) is 16.7 Å². The number of benzene rings is 1. The average Bonchev–Trinajstić information content (AvgIpc) is 2.48. The molecule has 6 heteroatoms. The number of hydrogen-bond donors (Lipinski definition) is 2. The molecule has 1 fully saturated rings. The minimum Gasteiger partial charge on any atom is -0.384 e. The van der Waals surface area contributed by atoms with Gasteiger partial charge in [-0.25, -0.2) is 5.01 Å². The molecule has 0 atom stereocenters. The van der Waals surface area contributed by atoms with Crippen molar-refractivity contribution in [3.8, 4) is 11.8 Å². The van der Waals surface area contributed by atoms with E-state index in [1.54, 1.807) is 18.2 Å². The van der Waals surface area contributed by atoms with Crippen LogP contribution in [0.15, 0.2) is 18.2 Å². The van der Waals surface area contributed by atoms with Gasteiger partial charge >= 0.3 is 0 Å². The Morgan fingerprint density at radius 1 is 1.38 bits per heavy atom. The molecule has 0 spiro atoms. The number of carbonyl (C=O) groups is 1. The van der Waals surface area contributed by atoms with Crippen LogP contribution in [0.3, 0.4) is 0 Å². The summed E-state index contributed by atoms with van der Waals surface area (Å²) in [5.74, 6) is 5.09. The Kier molecular flexibility index (Phi) is 5.59. The van der Waals surface area contributed by atoms with Gasteiger partial charge in [-0.1, -0.05) is 23.4 Å². The Bertz CT molecular complexity index is 572. The number of piperazine rings is 1. The van der Waals surface area contributed by atoms with Gasteiger partial charge in [0.25, 0.3) is 5.91 Å². The first-order chi connectivity index (χ1) is 10.1. The van der Waals surface area contributed by atoms with E-state index in [1.807, 2.05) is 5.01 Å². The largest absolute Gasteiger partial charge is 0.384 e. The molecule has 1 aromatic rings. The monoisotopic (exact) mass is 307 g/mol. The van der Waals surface area contributed by atoms with Crippen LogP contribution in [0.5, 0.6) is 0 Å². The van der Waals surface area contributed by atoms with Crippen LogP contribution >= 0.6 is 11.6 Å². The van der Waals surface area contributed by atoms with Crippen molar-refractivity contribution < 1.29 is 9.90 Å². The lowest BCUT2D eigenvalue weighted by molar-refractivity contribution is 0.0662. The summed E-state index contributed by atoms with van der Waals surface area (Å²) in [4.78, 5) is 14.4. The Morgan fingerprint density at radius 3 is 2.71 bits per heavy atom. The molecule has 1 heterocycles. The molecule has 1 saturated heterocycles. The van der Waals surface area contributed by atoms with E-state index in [9.17, 15) is 4.79 Å². The zero-order chi connectivity index (χ0) is 15.2. The van der Waals surface area contributed by atoms with Gasteiger partial charge in [0.2, 0.25) is 0 Å². The van der Waals surface area contributed by atoms with Crippen LogP contribution in [-0.4, -0.2) is 60.8 Å². The highest BCUT2D eigenvalue weighted by Gasteiger charge is 2.16. The Balaban J connectivity index is 2.01. The number of aliphatic hydroxyl groups is 1. The van der Waals surface area contributed by atoms with E-state index in [-0.39, 0.29) is 12.5 Å². The van der Waals surface area contributed by atoms with Crippen LogP contribution in [0.25, 0.3) is 0 Å². The van der Waals surface area contributed by atoms with Crippen LogP contribution in [0.2, 0.25) is 5.02 Å². The number of amides is 1. The molecular formula is C15H18ClN3O2. The topological polar surface area (TPSA) is 55.8 Å². The summed E-state index contributed by atoms with van der Waals surface area (Å²) < 4.78 is 0. The van der Waals surface area contributed by atoms with E-state index in [2.05, 4.69) is 29.2 Å². The first kappa shape index (κ1) is 15.8. The molecule has 5 nitrogen and oxygen atoms in total. The molecule has 21 heavy (non-hydrogen) atoms. The molecule has 0 saturated carbocycles. The molecule has 0 bridgehead atoms. The van der Waals surface area contributed by atoms with Gasteiger partial charge in [0.05, 0.1) is 5.02 Å². The molecule has 1 aliphatic rings. The summed E-state index contributed by atoms with van der Waals surface area (Å²) >= 11 is 6.09. The smallest absolute Gasteiger partial charge is 0.265 e. The summed E-state index contributed by atoms with van der Waals surface area (Å²) in [5.41, 5.74) is 3.97. The quantitative estimate of drug-likeness (QED) is 0.785. The van der Waals surface area contributed by atoms with Crippen LogP contribution in [0, 0.1) is 11.8 Å². The predicted octanol–water partition coefficient (Wildman–Crippen LogP) is 0.576. The molecule has 0 aliphatic carbocycles. The van der Waals surface area contributed by atoms with Gasteiger partial charge in [0, 0.05) is 37.3 Å². The summed E-state index contributed by atoms with van der Waals surface area (Å²) in [6.07, 6.45) is 0. The van der Waals surface area contributed by atoms with E-state index in [1.165, 1.54) is 0 Å². The van der Waals surface area contributed by atoms with Crippen molar-refractivity contribution in [3.63, 3.8) is 0 Å². The van der Waals surface area contributed by atoms with Gasteiger partial charge in [0.1, 0.15) is 6.61 Å². The second-order valence-electron chi connectivity index (χ2n) is 4.89. The fraction of sp³-hybridized carbons (Fsp3) is 0.400. The number of hydrazine groups is 1. The van der Waals surface area contributed by atoms with Gasteiger partial charge < -0.3 is 10.0 Å². The molecule has 0 aromatic heterocycles. The molecule has 0 unspecified atom stereocenters. The molecule has 2 rings (SSSR count). The zero-order valence-electron chi connectivity index (χ0n) is 11.9. The summed E-state index contributed by atoms with van der Waals surface area (Å²) in [7, 11) is 2.06. The van der Waals surface area contributed by atoms with Crippen molar-refractivity contribution in [2.75, 3.05) is 39.8 Å². The van der Waals surface area contributed by atoms with Gasteiger partial charge in [-0.05, 0) is 25.2 Å². The number of rotatable bonds is 2. The van der Waals surface area contributed by atoms with Gasteiger partial charge in [-0.2, -0.15) is 0 Å². The summed E-state index contributed by atoms with van der Waals surface area (Å²) in [6, 6.07) is 4.96. The number of likely N-dealkylation sites (N-methyl/N-ethyl adjacent to an activating group) is 1. The maximum atomic E-state index is 12.2. The molecule has 112 valence electrons. The predicted molar refractivity (Wildman–Crippen MR) is 82.0 cm³/mol. The van der Waals surface area contributed by atoms with Gasteiger partial charge in [-0.15, -0.1) is 0 Å². The third-order valence-electron chi connectivity index (χ3n) is 3.30. The number of aliphatic hydroxyl groups excluding tert-OH is 1. The normalized spacial score (nSPS) is 16.1. The van der Waals surface area contributed by atoms with Crippen molar-refractivity contribution in [1.29, 1.82) is 0 Å². The van der Waals surface area contributed by atoms with Gasteiger partial charge in [0.15, 0.2) is 0 Å². The molecule has 2 N–H and O–H groups in total. The fourth-order valence-corrected chi connectivity index (χ4v) is 2.25. The van der Waals surface area contributed by atoms with Crippen LogP contribution in [0.1, 0.15) is 15.9 Å². The van der Waals surface area contributed by atoms with Crippen molar-refractivity contribution in [1.82, 2.24) is 15.3 Å². The highest BCUT2D eigenvalue weighted by molar-refractivity contribution is 6.32. The Labute approximate surface area is 129 Å². The maximum absolute atomic E-state index is 12.2. The SMILES string of the molecule is CN1CCN(NC(=O)c2ccc(C#CCO)c(Cl)c2)CC1. The minimum atomic E-state index is -0.220. The van der Waals surface area contributed by atoms with Gasteiger partial charge in [-0.3, -0.25) is 10.2 Å². The van der Waals surface area contributed by atoms with Crippen molar-refractivity contribution in [3.05, 3.63) is 34.3 Å². The van der Waals surface area contributed by atoms with Crippen LogP contribution < -0.4 is 5.43 Å². The lowest BCUT2D eigenvalue weighted by Crippen LogP contribution is -2.52. The van der Waals surface area contributed by atoms with Crippen LogP contribution in [-0.2, 0) is 0 Å². The molecule has 0 radical (unpaired) electrons. The first-order valence-electron chi connectivity index (χ1n) is 6.74. The minimum absolute atomic E-state index is 0.178. The average molecular weight is 308 g/mol. The van der Waals surface area contributed by atoms with E-state index in [0.717, 1.165) is 26.2 Å². The second kappa shape index (κ2) is 7.43. The van der Waals surface area contributed by atoms with Crippen LogP contribution in [0.4, 0.5) is 0 Å². The molecule has 1 aliphatic heterocycles. The second-order valence-corrected chi connectivity index (χ2v) is 5.29. The van der Waals surface area contributed by atoms with E-state index < -0.39 is 0 Å². The van der Waals surface area contributed by atoms with E-state index >= 15 is 0 Å². The lowest BCUT2D eigenvalue weighted by atomic mass is 10.1. The molecular weight excluding hydrogens is 290 g/mol. The Morgan fingerprint density at radius 2 is 2.10 bits per heavy atom. The lowest BCUT2D eigenvalue weighted by Gasteiger charge is -2.32. The number of nitrogens with zero attached hydrogens (tertiary/aromatic N) is 2. The third kappa shape index (κ3) is 4.45. The number of carbonyl (C=O) groups excluding carboxylic acids is 1. The van der Waals surface area contributed by atoms with E-state index in [0.29, 0.717) is 16.1 Å². The molecule has 1 amide bonds. The highest BCUT2D eigenvalue weighted by atomic mass is 35.5. The number of nitrogens with one attached hydrogen (secondary N) is 1. The summed E-state index contributed by atoms with van der Waals surface area (Å²) in [6.45, 7) is 3.24. The number of hydrogen-bond acceptors (Lipinski definition) is 4. The molecule has 1 aromatic carbocycles. The zero-order valence-corrected chi connectivity index (χ0v) is 12.7.